The van der Waals surface area contributed by atoms with Gasteiger partial charge in [-0.25, -0.2) is 4.39 Å². The molecule has 0 aromatic heterocycles. The molecule has 1 fully saturated rings. The minimum atomic E-state index is -0.448. The van der Waals surface area contributed by atoms with Crippen LogP contribution >= 0.6 is 15.9 Å². The Bertz CT molecular complexity index is 463. The van der Waals surface area contributed by atoms with Crippen molar-refractivity contribution in [3.05, 3.63) is 34.1 Å². The van der Waals surface area contributed by atoms with Gasteiger partial charge in [-0.05, 0) is 43.4 Å². The lowest BCUT2D eigenvalue weighted by molar-refractivity contribution is 0.0755. The minimum Gasteiger partial charge on any atom is -0.339 e. The van der Waals surface area contributed by atoms with Crippen molar-refractivity contribution < 1.29 is 9.18 Å². The molecule has 0 N–H and O–H groups in total. The number of hydrogen-bond acceptors (Lipinski definition) is 1. The molecule has 1 unspecified atom stereocenters. The Kier molecular flexibility index (Phi) is 4.97. The fraction of sp³-hybridized carbons (Fsp3) is 0.533. The Morgan fingerprint density at radius 2 is 2.21 bits per heavy atom. The molecule has 104 valence electrons. The van der Waals surface area contributed by atoms with Crippen LogP contribution < -0.4 is 0 Å². The zero-order chi connectivity index (χ0) is 13.8. The molecule has 0 radical (unpaired) electrons. The number of halogens is 2. The predicted octanol–water partition coefficient (Wildman–Crippen LogP) is 4.24. The van der Waals surface area contributed by atoms with E-state index in [9.17, 15) is 9.18 Å². The van der Waals surface area contributed by atoms with E-state index in [2.05, 4.69) is 22.9 Å². The SMILES string of the molecule is CCC1CCCN(C(=O)c2ccc(Br)cc2F)CC1. The van der Waals surface area contributed by atoms with Gasteiger partial charge in [-0.15, -0.1) is 0 Å². The van der Waals surface area contributed by atoms with Crippen LogP contribution in [0, 0.1) is 11.7 Å². The summed E-state index contributed by atoms with van der Waals surface area (Å²) in [7, 11) is 0. The summed E-state index contributed by atoms with van der Waals surface area (Å²) in [5.41, 5.74) is 0.179. The van der Waals surface area contributed by atoms with Crippen molar-refractivity contribution in [2.45, 2.75) is 32.6 Å². The van der Waals surface area contributed by atoms with E-state index in [0.717, 1.165) is 32.4 Å². The zero-order valence-electron chi connectivity index (χ0n) is 11.2. The van der Waals surface area contributed by atoms with Crippen LogP contribution in [0.5, 0.6) is 0 Å². The third kappa shape index (κ3) is 3.56. The normalized spacial score (nSPS) is 20.2. The number of hydrogen-bond donors (Lipinski definition) is 0. The van der Waals surface area contributed by atoms with Gasteiger partial charge < -0.3 is 4.90 Å². The number of nitrogens with zero attached hydrogens (tertiary/aromatic N) is 1. The van der Waals surface area contributed by atoms with Gasteiger partial charge >= 0.3 is 0 Å². The first kappa shape index (κ1) is 14.5. The maximum Gasteiger partial charge on any atom is 0.256 e. The second-order valence-electron chi connectivity index (χ2n) is 5.12. The summed E-state index contributed by atoms with van der Waals surface area (Å²) in [4.78, 5) is 14.1. The lowest BCUT2D eigenvalue weighted by Crippen LogP contribution is -2.32. The molecule has 1 aromatic rings. The summed E-state index contributed by atoms with van der Waals surface area (Å²) in [6, 6.07) is 4.62. The highest BCUT2D eigenvalue weighted by atomic mass is 79.9. The summed E-state index contributed by atoms with van der Waals surface area (Å²) in [5, 5.41) is 0. The van der Waals surface area contributed by atoms with E-state index in [1.807, 2.05) is 0 Å². The summed E-state index contributed by atoms with van der Waals surface area (Å²) in [5.74, 6) is 0.0741. The molecule has 1 heterocycles. The molecule has 0 spiro atoms. The third-order valence-electron chi connectivity index (χ3n) is 3.87. The lowest BCUT2D eigenvalue weighted by atomic mass is 9.98. The number of likely N-dealkylation sites (tertiary alicyclic amines) is 1. The second-order valence-corrected chi connectivity index (χ2v) is 6.04. The summed E-state index contributed by atoms with van der Waals surface area (Å²) in [6.45, 7) is 3.67. The second kappa shape index (κ2) is 6.51. The monoisotopic (exact) mass is 327 g/mol. The van der Waals surface area contributed by atoms with Crippen molar-refractivity contribution in [3.8, 4) is 0 Å². The molecule has 1 amide bonds. The number of benzene rings is 1. The van der Waals surface area contributed by atoms with E-state index in [0.29, 0.717) is 10.4 Å². The van der Waals surface area contributed by atoms with Gasteiger partial charge in [0.15, 0.2) is 0 Å². The largest absolute Gasteiger partial charge is 0.339 e. The first-order chi connectivity index (χ1) is 9.11. The van der Waals surface area contributed by atoms with Gasteiger partial charge in [0.25, 0.3) is 5.91 Å². The van der Waals surface area contributed by atoms with Crippen LogP contribution in [0.4, 0.5) is 4.39 Å². The van der Waals surface area contributed by atoms with Crippen LogP contribution in [0.2, 0.25) is 0 Å². The molecule has 0 bridgehead atoms. The molecule has 19 heavy (non-hydrogen) atoms. The molecule has 2 rings (SSSR count). The predicted molar refractivity (Wildman–Crippen MR) is 77.6 cm³/mol. The number of rotatable bonds is 2. The Hall–Kier alpha value is -0.900. The lowest BCUT2D eigenvalue weighted by Gasteiger charge is -2.21. The molecular weight excluding hydrogens is 309 g/mol. The van der Waals surface area contributed by atoms with Crippen LogP contribution in [-0.4, -0.2) is 23.9 Å². The maximum atomic E-state index is 13.8. The maximum absolute atomic E-state index is 13.8. The standard InChI is InChI=1S/C15H19BrFNO/c1-2-11-4-3-8-18(9-7-11)15(19)13-6-5-12(16)10-14(13)17/h5-6,10-11H,2-4,7-9H2,1H3. The van der Waals surface area contributed by atoms with Crippen molar-refractivity contribution in [2.24, 2.45) is 5.92 Å². The zero-order valence-corrected chi connectivity index (χ0v) is 12.7. The fourth-order valence-electron chi connectivity index (χ4n) is 2.61. The first-order valence-electron chi connectivity index (χ1n) is 6.86. The Morgan fingerprint density at radius 1 is 1.42 bits per heavy atom. The van der Waals surface area contributed by atoms with Crippen LogP contribution in [0.3, 0.4) is 0 Å². The molecule has 0 aliphatic carbocycles. The van der Waals surface area contributed by atoms with Crippen molar-refractivity contribution >= 4 is 21.8 Å². The van der Waals surface area contributed by atoms with Crippen LogP contribution in [0.1, 0.15) is 43.0 Å². The highest BCUT2D eigenvalue weighted by molar-refractivity contribution is 9.10. The molecule has 1 aliphatic rings. The van der Waals surface area contributed by atoms with Crippen LogP contribution in [0.15, 0.2) is 22.7 Å². The van der Waals surface area contributed by atoms with Gasteiger partial charge in [0.2, 0.25) is 0 Å². The van der Waals surface area contributed by atoms with Crippen molar-refractivity contribution in [1.29, 1.82) is 0 Å². The third-order valence-corrected chi connectivity index (χ3v) is 4.37. The molecule has 0 saturated carbocycles. The average Bonchev–Trinajstić information content (AvgIpc) is 2.63. The van der Waals surface area contributed by atoms with E-state index in [4.69, 9.17) is 0 Å². The van der Waals surface area contributed by atoms with Gasteiger partial charge in [0.1, 0.15) is 5.82 Å². The van der Waals surface area contributed by atoms with E-state index >= 15 is 0 Å². The topological polar surface area (TPSA) is 20.3 Å². The van der Waals surface area contributed by atoms with Gasteiger partial charge in [0.05, 0.1) is 5.56 Å². The highest BCUT2D eigenvalue weighted by Gasteiger charge is 2.22. The summed E-state index contributed by atoms with van der Waals surface area (Å²) < 4.78 is 14.5. The van der Waals surface area contributed by atoms with E-state index in [-0.39, 0.29) is 11.5 Å². The molecule has 1 aliphatic heterocycles. The van der Waals surface area contributed by atoms with Crippen molar-refractivity contribution in [1.82, 2.24) is 4.90 Å². The minimum absolute atomic E-state index is 0.179. The molecule has 1 aromatic carbocycles. The molecule has 1 atom stereocenters. The molecular formula is C15H19BrFNO. The van der Waals surface area contributed by atoms with E-state index in [1.54, 1.807) is 17.0 Å². The molecule has 2 nitrogen and oxygen atoms in total. The quantitative estimate of drug-likeness (QED) is 0.795. The molecule has 4 heteroatoms. The van der Waals surface area contributed by atoms with Crippen LogP contribution in [-0.2, 0) is 0 Å². The van der Waals surface area contributed by atoms with Gasteiger partial charge in [0, 0.05) is 17.6 Å². The van der Waals surface area contributed by atoms with E-state index in [1.165, 1.54) is 12.5 Å². The fourth-order valence-corrected chi connectivity index (χ4v) is 2.94. The van der Waals surface area contributed by atoms with Crippen molar-refractivity contribution in [3.63, 3.8) is 0 Å². The highest BCUT2D eigenvalue weighted by Crippen LogP contribution is 2.23. The Morgan fingerprint density at radius 3 is 2.89 bits per heavy atom. The Labute approximate surface area is 122 Å². The number of amides is 1. The van der Waals surface area contributed by atoms with E-state index < -0.39 is 5.82 Å². The van der Waals surface area contributed by atoms with Crippen LogP contribution in [0.25, 0.3) is 0 Å². The summed E-state index contributed by atoms with van der Waals surface area (Å²) in [6.07, 6.45) is 4.38. The smallest absolute Gasteiger partial charge is 0.256 e. The number of carbonyl (C=O) groups is 1. The average molecular weight is 328 g/mol. The molecule has 1 saturated heterocycles. The Balaban J connectivity index is 2.10. The summed E-state index contributed by atoms with van der Waals surface area (Å²) >= 11 is 3.21. The number of carbonyl (C=O) groups excluding carboxylic acids is 1. The van der Waals surface area contributed by atoms with Crippen molar-refractivity contribution in [2.75, 3.05) is 13.1 Å². The van der Waals surface area contributed by atoms with Gasteiger partial charge in [-0.2, -0.15) is 0 Å². The van der Waals surface area contributed by atoms with Gasteiger partial charge in [-0.1, -0.05) is 29.3 Å². The van der Waals surface area contributed by atoms with Gasteiger partial charge in [-0.3, -0.25) is 4.79 Å². The first-order valence-corrected chi connectivity index (χ1v) is 7.65.